The molecule has 8 rings (SSSR count). The molecular weight excluding hydrogens is 863 g/mol. The lowest BCUT2D eigenvalue weighted by Crippen LogP contribution is -2.43. The monoisotopic (exact) mass is 906 g/mol. The summed E-state index contributed by atoms with van der Waals surface area (Å²) in [5.41, 5.74) is 4.68. The van der Waals surface area contributed by atoms with Gasteiger partial charge in [-0.05, 0) is 114 Å². The summed E-state index contributed by atoms with van der Waals surface area (Å²) in [4.78, 5) is 33.3. The van der Waals surface area contributed by atoms with E-state index in [9.17, 15) is 39.6 Å². The third kappa shape index (κ3) is 11.1. The number of anilines is 2. The number of alkyl halides is 6. The van der Waals surface area contributed by atoms with E-state index >= 15 is 0 Å². The van der Waals surface area contributed by atoms with Crippen molar-refractivity contribution < 1.29 is 43.7 Å². The molecular formula is C45H44F6N8O4S. The molecule has 0 unspecified atom stereocenters. The molecule has 0 radical (unpaired) electrons. The first-order valence-corrected chi connectivity index (χ1v) is 21.8. The normalized spacial score (nSPS) is 15.4. The Morgan fingerprint density at radius 2 is 1.20 bits per heavy atom. The van der Waals surface area contributed by atoms with E-state index in [-0.39, 0.29) is 12.5 Å². The Morgan fingerprint density at radius 1 is 0.719 bits per heavy atom. The summed E-state index contributed by atoms with van der Waals surface area (Å²) >= 11 is 0. The van der Waals surface area contributed by atoms with Crippen LogP contribution in [0.3, 0.4) is 0 Å². The number of carbonyl (C=O) groups is 1. The number of halogens is 6. The van der Waals surface area contributed by atoms with Crippen molar-refractivity contribution in [2.75, 3.05) is 49.1 Å². The highest BCUT2D eigenvalue weighted by molar-refractivity contribution is 7.88. The van der Waals surface area contributed by atoms with Crippen LogP contribution < -0.4 is 25.0 Å². The molecule has 4 aromatic carbocycles. The lowest BCUT2D eigenvalue weighted by Gasteiger charge is -2.32. The van der Waals surface area contributed by atoms with Crippen LogP contribution in [-0.4, -0.2) is 85.2 Å². The van der Waals surface area contributed by atoms with Crippen molar-refractivity contribution in [1.82, 2.24) is 25.3 Å². The fourth-order valence-electron chi connectivity index (χ4n) is 7.53. The molecule has 0 bridgehead atoms. The van der Waals surface area contributed by atoms with Gasteiger partial charge in [0.25, 0.3) is 0 Å². The summed E-state index contributed by atoms with van der Waals surface area (Å²) in [5, 5.41) is 5.37. The fourth-order valence-corrected chi connectivity index (χ4v) is 7.98. The van der Waals surface area contributed by atoms with Crippen LogP contribution >= 0.6 is 0 Å². The molecule has 0 aliphatic carbocycles. The third-order valence-corrected chi connectivity index (χ3v) is 12.2. The van der Waals surface area contributed by atoms with Crippen molar-refractivity contribution >= 4 is 55.5 Å². The van der Waals surface area contributed by atoms with Gasteiger partial charge in [0.15, 0.2) is 0 Å². The topological polar surface area (TPSA) is 157 Å². The minimum atomic E-state index is -5.79. The highest BCUT2D eigenvalue weighted by atomic mass is 32.2. The zero-order valence-electron chi connectivity index (χ0n) is 34.3. The van der Waals surface area contributed by atoms with Crippen LogP contribution in [0.2, 0.25) is 0 Å². The van der Waals surface area contributed by atoms with Gasteiger partial charge in [0.05, 0.1) is 11.4 Å². The summed E-state index contributed by atoms with van der Waals surface area (Å²) in [7, 11) is -5.79. The molecule has 2 aromatic heterocycles. The Hall–Kier alpha value is -6.34. The fraction of sp³-hybridized carbons (Fsp3) is 0.311. The number of aromatic nitrogens is 4. The number of rotatable bonds is 10. The van der Waals surface area contributed by atoms with Crippen LogP contribution in [0.4, 0.5) is 38.2 Å². The van der Waals surface area contributed by atoms with Crippen molar-refractivity contribution in [2.24, 2.45) is 17.6 Å². The number of nitrogens with two attached hydrogens (primary N) is 1. The van der Waals surface area contributed by atoms with Gasteiger partial charge in [0.1, 0.15) is 5.75 Å². The van der Waals surface area contributed by atoms with Crippen LogP contribution in [-0.2, 0) is 14.9 Å². The highest BCUT2D eigenvalue weighted by Crippen LogP contribution is 2.32. The quantitative estimate of drug-likeness (QED) is 0.0772. The van der Waals surface area contributed by atoms with Crippen LogP contribution in [0, 0.1) is 11.8 Å². The van der Waals surface area contributed by atoms with Crippen molar-refractivity contribution in [3.05, 3.63) is 109 Å². The van der Waals surface area contributed by atoms with E-state index in [4.69, 9.17) is 10.7 Å². The number of fused-ring (bicyclic) bond motifs is 2. The average Bonchev–Trinajstić information content (AvgIpc) is 3.30. The lowest BCUT2D eigenvalue weighted by atomic mass is 9.97. The molecule has 2 aliphatic rings. The average molecular weight is 907 g/mol. The summed E-state index contributed by atoms with van der Waals surface area (Å²) in [6, 6.07) is 25.2. The van der Waals surface area contributed by atoms with Crippen molar-refractivity contribution in [2.45, 2.75) is 37.4 Å². The van der Waals surface area contributed by atoms with Gasteiger partial charge in [-0.2, -0.15) is 34.8 Å². The molecule has 64 heavy (non-hydrogen) atoms. The third-order valence-electron chi connectivity index (χ3n) is 11.2. The summed E-state index contributed by atoms with van der Waals surface area (Å²) in [6.45, 7) is 7.47. The Balaban J connectivity index is 0.000000205. The Labute approximate surface area is 365 Å². The largest absolute Gasteiger partial charge is 0.534 e. The van der Waals surface area contributed by atoms with Crippen molar-refractivity contribution in [3.8, 4) is 28.3 Å². The van der Waals surface area contributed by atoms with Crippen molar-refractivity contribution in [1.29, 1.82) is 0 Å². The van der Waals surface area contributed by atoms with E-state index < -0.39 is 33.5 Å². The summed E-state index contributed by atoms with van der Waals surface area (Å²) in [6.07, 6.45) is 3.68. The number of hydrogen-bond donors (Lipinski definition) is 2. The lowest BCUT2D eigenvalue weighted by molar-refractivity contribution is -0.173. The minimum Gasteiger partial charge on any atom is -0.376 e. The molecule has 0 spiro atoms. The molecule has 336 valence electrons. The minimum absolute atomic E-state index is 0.0704. The second-order valence-corrected chi connectivity index (χ2v) is 17.1. The van der Waals surface area contributed by atoms with Crippen LogP contribution in [0.1, 0.15) is 31.2 Å². The predicted molar refractivity (Wildman–Crippen MR) is 234 cm³/mol. The first-order chi connectivity index (χ1) is 30.5. The molecule has 0 saturated carbocycles. The van der Waals surface area contributed by atoms with Gasteiger partial charge >= 0.3 is 27.7 Å². The van der Waals surface area contributed by atoms with Crippen LogP contribution in [0.15, 0.2) is 104 Å². The maximum Gasteiger partial charge on any atom is 0.534 e. The van der Waals surface area contributed by atoms with E-state index in [1.54, 1.807) is 30.5 Å². The first-order valence-electron chi connectivity index (χ1n) is 20.4. The maximum absolute atomic E-state index is 12.6. The second kappa shape index (κ2) is 19.2. The van der Waals surface area contributed by atoms with Gasteiger partial charge < -0.3 is 25.0 Å². The highest BCUT2D eigenvalue weighted by Gasteiger charge is 2.48. The molecule has 2 fully saturated rings. The number of amides is 1. The van der Waals surface area contributed by atoms with Crippen LogP contribution in [0.5, 0.6) is 5.75 Å². The predicted octanol–water partition coefficient (Wildman–Crippen LogP) is 8.54. The standard InChI is InChI=1S/C23H20F6N4O4S.C22H24N4/c24-22(25,26)20(34)31-13-14-6-9-33(10-7-14)21-30-8-5-19(32-21)17-2-1-16-12-18(4-3-15(16)11-17)37-38(35,36)23(27,28)29;1-2-16-3-4-19-14-20(6-5-18(19)13-16)21-7-10-24-22(25-21)26-11-8-17(15-23)9-12-26/h1-5,8,11-12,14H,6-7,9-10,13H2,(H,31,34);2-7,10,13-14,17H,1,8-9,11-12,15,23H2. The number of hydrogen-bond acceptors (Lipinski definition) is 11. The Kier molecular flexibility index (Phi) is 13.7. The molecule has 19 heteroatoms. The van der Waals surface area contributed by atoms with Crippen molar-refractivity contribution in [3.63, 3.8) is 0 Å². The molecule has 1 amide bonds. The van der Waals surface area contributed by atoms with Gasteiger partial charge in [-0.3, -0.25) is 4.79 Å². The van der Waals surface area contributed by atoms with Gasteiger partial charge in [-0.1, -0.05) is 55.1 Å². The molecule has 2 saturated heterocycles. The van der Waals surface area contributed by atoms with Gasteiger partial charge in [-0.15, -0.1) is 0 Å². The first kappa shape index (κ1) is 45.7. The molecule has 2 aliphatic heterocycles. The van der Waals surface area contributed by atoms with E-state index in [0.29, 0.717) is 59.8 Å². The van der Waals surface area contributed by atoms with Gasteiger partial charge in [0.2, 0.25) is 11.9 Å². The number of piperidine rings is 2. The van der Waals surface area contributed by atoms with E-state index in [0.717, 1.165) is 61.3 Å². The number of benzene rings is 4. The summed E-state index contributed by atoms with van der Waals surface area (Å²) < 4.78 is 102. The zero-order chi connectivity index (χ0) is 45.6. The Morgan fingerprint density at radius 3 is 1.70 bits per heavy atom. The SMILES string of the molecule is C=Cc1ccc2cc(-c3ccnc(N4CCC(CN)CC4)n3)ccc2c1.O=C(NCC1CCN(c2nccc(-c3ccc4cc(OS(=O)(=O)C(F)(F)F)ccc4c3)n2)CC1)C(F)(F)F. The Bertz CT molecular complexity index is 2740. The number of nitrogens with zero attached hydrogens (tertiary/aromatic N) is 6. The van der Waals surface area contributed by atoms with Gasteiger partial charge in [-0.25, -0.2) is 19.9 Å². The van der Waals surface area contributed by atoms with E-state index in [1.807, 2.05) is 28.6 Å². The molecule has 4 heterocycles. The second-order valence-electron chi connectivity index (χ2n) is 15.5. The molecule has 6 aromatic rings. The molecule has 3 N–H and O–H groups in total. The van der Waals surface area contributed by atoms with Crippen LogP contribution in [0.25, 0.3) is 50.1 Å². The summed E-state index contributed by atoms with van der Waals surface area (Å²) in [5.74, 6) is -0.673. The number of nitrogens with one attached hydrogen (secondary N) is 1. The van der Waals surface area contributed by atoms with Gasteiger partial charge in [0, 0.05) is 56.2 Å². The maximum atomic E-state index is 12.6. The molecule has 12 nitrogen and oxygen atoms in total. The van der Waals surface area contributed by atoms with E-state index in [1.165, 1.54) is 22.9 Å². The van der Waals surface area contributed by atoms with E-state index in [2.05, 4.69) is 67.0 Å². The smallest absolute Gasteiger partial charge is 0.376 e. The molecule has 0 atom stereocenters. The number of carbonyl (C=O) groups excluding carboxylic acids is 1. The zero-order valence-corrected chi connectivity index (χ0v) is 35.1.